The van der Waals surface area contributed by atoms with Crippen molar-refractivity contribution in [3.8, 4) is 0 Å². The summed E-state index contributed by atoms with van der Waals surface area (Å²) in [5.74, 6) is 1.78. The summed E-state index contributed by atoms with van der Waals surface area (Å²) >= 11 is 2.28. The van der Waals surface area contributed by atoms with Gasteiger partial charge in [-0.1, -0.05) is 27.7 Å². The third kappa shape index (κ3) is 4.05. The maximum absolute atomic E-state index is 5.21. The lowest BCUT2D eigenvalue weighted by molar-refractivity contribution is 0.180. The van der Waals surface area contributed by atoms with Gasteiger partial charge in [0.25, 0.3) is 0 Å². The van der Waals surface area contributed by atoms with E-state index in [9.17, 15) is 0 Å². The lowest BCUT2D eigenvalue weighted by Gasteiger charge is -2.20. The summed E-state index contributed by atoms with van der Waals surface area (Å²) < 4.78 is 6.26. The predicted octanol–water partition coefficient (Wildman–Crippen LogP) is 3.35. The van der Waals surface area contributed by atoms with Gasteiger partial charge in [-0.15, -0.1) is 0 Å². The summed E-state index contributed by atoms with van der Waals surface area (Å²) in [4.78, 5) is 9.26. The van der Waals surface area contributed by atoms with Gasteiger partial charge >= 0.3 is 0 Å². The second kappa shape index (κ2) is 6.65. The van der Waals surface area contributed by atoms with Crippen LogP contribution in [-0.4, -0.2) is 23.6 Å². The topological polar surface area (TPSA) is 47.0 Å². The Hall–Kier alpha value is -0.430. The van der Waals surface area contributed by atoms with Crippen molar-refractivity contribution in [2.24, 2.45) is 0 Å². The maximum Gasteiger partial charge on any atom is 0.143 e. The SMILES string of the molecule is CCCNc1nc(C(C)(C)C)nc(COC)c1I. The minimum Gasteiger partial charge on any atom is -0.378 e. The van der Waals surface area contributed by atoms with Gasteiger partial charge in [-0.05, 0) is 29.0 Å². The van der Waals surface area contributed by atoms with E-state index in [0.717, 1.165) is 33.9 Å². The highest BCUT2D eigenvalue weighted by atomic mass is 127. The molecule has 0 aliphatic carbocycles. The molecule has 0 atom stereocenters. The van der Waals surface area contributed by atoms with Crippen molar-refractivity contribution < 1.29 is 4.74 Å². The molecule has 1 heterocycles. The second-order valence-corrected chi connectivity index (χ2v) is 6.35. The van der Waals surface area contributed by atoms with Crippen LogP contribution in [0.1, 0.15) is 45.6 Å². The van der Waals surface area contributed by atoms with Crippen molar-refractivity contribution in [3.63, 3.8) is 0 Å². The number of nitrogens with zero attached hydrogens (tertiary/aromatic N) is 2. The van der Waals surface area contributed by atoms with Crippen LogP contribution in [-0.2, 0) is 16.8 Å². The molecule has 1 rings (SSSR count). The van der Waals surface area contributed by atoms with Crippen molar-refractivity contribution >= 4 is 28.4 Å². The fourth-order valence-corrected chi connectivity index (χ4v) is 2.01. The number of hydrogen-bond acceptors (Lipinski definition) is 4. The van der Waals surface area contributed by atoms with Crippen LogP contribution in [0, 0.1) is 3.57 Å². The zero-order valence-corrected chi connectivity index (χ0v) is 14.0. The van der Waals surface area contributed by atoms with Crippen LogP contribution in [0.3, 0.4) is 0 Å². The summed E-state index contributed by atoms with van der Waals surface area (Å²) in [7, 11) is 1.69. The molecule has 0 saturated carbocycles. The van der Waals surface area contributed by atoms with E-state index in [1.165, 1.54) is 0 Å². The van der Waals surface area contributed by atoms with Gasteiger partial charge in [-0.2, -0.15) is 0 Å². The number of rotatable bonds is 5. The largest absolute Gasteiger partial charge is 0.378 e. The first-order valence-corrected chi connectivity index (χ1v) is 7.27. The molecule has 0 aliphatic heterocycles. The molecule has 1 N–H and O–H groups in total. The van der Waals surface area contributed by atoms with Gasteiger partial charge in [-0.3, -0.25) is 0 Å². The van der Waals surface area contributed by atoms with Crippen molar-refractivity contribution in [1.82, 2.24) is 9.97 Å². The van der Waals surface area contributed by atoms with Crippen molar-refractivity contribution in [2.45, 2.75) is 46.1 Å². The quantitative estimate of drug-likeness (QED) is 0.816. The molecule has 4 nitrogen and oxygen atoms in total. The normalized spacial score (nSPS) is 11.7. The second-order valence-electron chi connectivity index (χ2n) is 5.27. The van der Waals surface area contributed by atoms with Gasteiger partial charge in [0.2, 0.25) is 0 Å². The fourth-order valence-electron chi connectivity index (χ4n) is 1.42. The Bertz CT molecular complexity index is 402. The number of ether oxygens (including phenoxy) is 1. The zero-order valence-electron chi connectivity index (χ0n) is 11.8. The zero-order chi connectivity index (χ0) is 13.8. The lowest BCUT2D eigenvalue weighted by atomic mass is 9.95. The van der Waals surface area contributed by atoms with Crippen LogP contribution in [0.5, 0.6) is 0 Å². The number of methoxy groups -OCH3 is 1. The number of hydrogen-bond donors (Lipinski definition) is 1. The van der Waals surface area contributed by atoms with Crippen LogP contribution in [0.15, 0.2) is 0 Å². The summed E-state index contributed by atoms with van der Waals surface area (Å²) in [6.07, 6.45) is 1.07. The van der Waals surface area contributed by atoms with E-state index in [1.54, 1.807) is 7.11 Å². The van der Waals surface area contributed by atoms with Gasteiger partial charge in [0.1, 0.15) is 11.6 Å². The first-order chi connectivity index (χ1) is 8.40. The minimum absolute atomic E-state index is 0.0600. The van der Waals surface area contributed by atoms with Crippen LogP contribution in [0.25, 0.3) is 0 Å². The Balaban J connectivity index is 3.18. The monoisotopic (exact) mass is 363 g/mol. The molecule has 0 bridgehead atoms. The van der Waals surface area contributed by atoms with E-state index in [-0.39, 0.29) is 5.41 Å². The van der Waals surface area contributed by atoms with Gasteiger partial charge in [0, 0.05) is 19.1 Å². The molecule has 5 heteroatoms. The third-order valence-electron chi connectivity index (χ3n) is 2.41. The first-order valence-electron chi connectivity index (χ1n) is 6.19. The smallest absolute Gasteiger partial charge is 0.143 e. The van der Waals surface area contributed by atoms with E-state index in [4.69, 9.17) is 4.74 Å². The Morgan fingerprint density at radius 1 is 1.28 bits per heavy atom. The predicted molar refractivity (Wildman–Crippen MR) is 82.9 cm³/mol. The van der Waals surface area contributed by atoms with E-state index >= 15 is 0 Å². The van der Waals surface area contributed by atoms with Gasteiger partial charge < -0.3 is 10.1 Å². The summed E-state index contributed by atoms with van der Waals surface area (Å²) in [6.45, 7) is 9.94. The van der Waals surface area contributed by atoms with Crippen LogP contribution >= 0.6 is 22.6 Å². The van der Waals surface area contributed by atoms with Crippen molar-refractivity contribution in [1.29, 1.82) is 0 Å². The molecule has 0 radical (unpaired) electrons. The van der Waals surface area contributed by atoms with Gasteiger partial charge in [0.15, 0.2) is 0 Å². The standard InChI is InChI=1S/C13H22IN3O/c1-6-7-15-11-10(14)9(8-18-5)16-12(17-11)13(2,3)4/h6-8H2,1-5H3,(H,15,16,17). The van der Waals surface area contributed by atoms with E-state index in [1.807, 2.05) is 0 Å². The third-order valence-corrected chi connectivity index (χ3v) is 3.55. The average Bonchev–Trinajstić information content (AvgIpc) is 2.29. The molecule has 0 aliphatic rings. The molecule has 18 heavy (non-hydrogen) atoms. The minimum atomic E-state index is -0.0600. The molecule has 0 fully saturated rings. The molecule has 0 spiro atoms. The highest BCUT2D eigenvalue weighted by molar-refractivity contribution is 14.1. The number of nitrogens with one attached hydrogen (secondary N) is 1. The molecular weight excluding hydrogens is 341 g/mol. The Kier molecular flexibility index (Phi) is 5.78. The summed E-state index contributed by atoms with van der Waals surface area (Å²) in [5, 5.41) is 3.36. The van der Waals surface area contributed by atoms with Gasteiger partial charge in [-0.25, -0.2) is 9.97 Å². The molecule has 0 amide bonds. The molecule has 0 unspecified atom stereocenters. The number of aromatic nitrogens is 2. The molecule has 102 valence electrons. The van der Waals surface area contributed by atoms with Crippen molar-refractivity contribution in [2.75, 3.05) is 19.0 Å². The highest BCUT2D eigenvalue weighted by Crippen LogP contribution is 2.25. The lowest BCUT2D eigenvalue weighted by Crippen LogP contribution is -2.20. The highest BCUT2D eigenvalue weighted by Gasteiger charge is 2.21. The van der Waals surface area contributed by atoms with Crippen LogP contribution in [0.2, 0.25) is 0 Å². The Morgan fingerprint density at radius 3 is 2.44 bits per heavy atom. The first kappa shape index (κ1) is 15.6. The fraction of sp³-hybridized carbons (Fsp3) is 0.692. The number of halogens is 1. The van der Waals surface area contributed by atoms with Gasteiger partial charge in [0.05, 0.1) is 15.9 Å². The molecular formula is C13H22IN3O. The molecule has 0 saturated heterocycles. The average molecular weight is 363 g/mol. The van der Waals surface area contributed by atoms with E-state index in [0.29, 0.717) is 6.61 Å². The Morgan fingerprint density at radius 2 is 1.94 bits per heavy atom. The van der Waals surface area contributed by atoms with E-state index in [2.05, 4.69) is 65.6 Å². The van der Waals surface area contributed by atoms with Crippen LogP contribution < -0.4 is 5.32 Å². The summed E-state index contributed by atoms with van der Waals surface area (Å²) in [6, 6.07) is 0. The molecule has 1 aromatic rings. The maximum atomic E-state index is 5.21. The molecule has 1 aromatic heterocycles. The van der Waals surface area contributed by atoms with Crippen molar-refractivity contribution in [3.05, 3.63) is 15.1 Å². The van der Waals surface area contributed by atoms with Crippen LogP contribution in [0.4, 0.5) is 5.82 Å². The number of anilines is 1. The summed E-state index contributed by atoms with van der Waals surface area (Å²) in [5.41, 5.74) is 0.895. The molecule has 0 aromatic carbocycles. The van der Waals surface area contributed by atoms with E-state index < -0.39 is 0 Å². The Labute approximate surface area is 123 Å².